The summed E-state index contributed by atoms with van der Waals surface area (Å²) in [6, 6.07) is 45.8. The first-order chi connectivity index (χ1) is 18.4. The smallest absolute Gasteiger partial charge is 0.197 e. The van der Waals surface area contributed by atoms with Gasteiger partial charge < -0.3 is 9.88 Å². The van der Waals surface area contributed by atoms with Crippen LogP contribution in [0.5, 0.6) is 0 Å². The van der Waals surface area contributed by atoms with Crippen molar-refractivity contribution in [3.63, 3.8) is 0 Å². The lowest BCUT2D eigenvalue weighted by molar-refractivity contribution is 1.31. The van der Waals surface area contributed by atoms with Crippen molar-refractivity contribution in [2.75, 3.05) is 4.90 Å². The lowest BCUT2D eigenvalue weighted by atomic mass is 9.57. The molecule has 0 atom stereocenters. The SMILES string of the molecule is [B]1c2ccccc2N(c2ccccc2)c2c1c(-c1cccc3c1[nH]c1ccccc13)cc1ccccc21. The highest BCUT2D eigenvalue weighted by Crippen LogP contribution is 2.42. The largest absolute Gasteiger partial charge is 0.354 e. The van der Waals surface area contributed by atoms with Crippen LogP contribution in [0.1, 0.15) is 0 Å². The topological polar surface area (TPSA) is 19.0 Å². The van der Waals surface area contributed by atoms with Crippen molar-refractivity contribution in [2.45, 2.75) is 0 Å². The fourth-order valence-electron chi connectivity index (χ4n) is 5.99. The molecule has 1 radical (unpaired) electrons. The third-order valence-electron chi connectivity index (χ3n) is 7.61. The second kappa shape index (κ2) is 7.87. The number of aromatic nitrogens is 1. The molecule has 1 N–H and O–H groups in total. The zero-order valence-electron chi connectivity index (χ0n) is 20.1. The monoisotopic (exact) mass is 469 g/mol. The summed E-state index contributed by atoms with van der Waals surface area (Å²) in [5, 5.41) is 5.00. The molecule has 3 heteroatoms. The lowest BCUT2D eigenvalue weighted by Gasteiger charge is -2.36. The van der Waals surface area contributed by atoms with Gasteiger partial charge in [0.1, 0.15) is 0 Å². The van der Waals surface area contributed by atoms with Crippen LogP contribution in [-0.2, 0) is 0 Å². The Morgan fingerprint density at radius 1 is 0.568 bits per heavy atom. The van der Waals surface area contributed by atoms with Crippen LogP contribution in [0.2, 0.25) is 0 Å². The van der Waals surface area contributed by atoms with Gasteiger partial charge in [-0.3, -0.25) is 0 Å². The molecule has 0 bridgehead atoms. The van der Waals surface area contributed by atoms with Gasteiger partial charge in [0.05, 0.1) is 5.52 Å². The van der Waals surface area contributed by atoms with E-state index in [4.69, 9.17) is 0 Å². The van der Waals surface area contributed by atoms with Gasteiger partial charge in [-0.1, -0.05) is 103 Å². The van der Waals surface area contributed by atoms with E-state index in [9.17, 15) is 0 Å². The number of nitrogens with one attached hydrogen (secondary N) is 1. The van der Waals surface area contributed by atoms with E-state index < -0.39 is 0 Å². The average molecular weight is 469 g/mol. The molecule has 0 amide bonds. The van der Waals surface area contributed by atoms with E-state index in [1.165, 1.54) is 66.0 Å². The first kappa shape index (κ1) is 20.4. The van der Waals surface area contributed by atoms with E-state index in [1.54, 1.807) is 0 Å². The number of hydrogen-bond donors (Lipinski definition) is 1. The quantitative estimate of drug-likeness (QED) is 0.259. The number of H-pyrrole nitrogens is 1. The number of anilines is 3. The van der Waals surface area contributed by atoms with Gasteiger partial charge in [0.25, 0.3) is 0 Å². The van der Waals surface area contributed by atoms with Gasteiger partial charge in [-0.25, -0.2) is 0 Å². The number of fused-ring (bicyclic) bond motifs is 7. The molecule has 0 unspecified atom stereocenters. The lowest BCUT2D eigenvalue weighted by Crippen LogP contribution is -2.41. The minimum absolute atomic E-state index is 1.16. The minimum atomic E-state index is 1.16. The molecule has 0 saturated heterocycles. The molecule has 37 heavy (non-hydrogen) atoms. The van der Waals surface area contributed by atoms with Gasteiger partial charge in [0.2, 0.25) is 0 Å². The summed E-state index contributed by atoms with van der Waals surface area (Å²) in [5.74, 6) is 0. The summed E-state index contributed by atoms with van der Waals surface area (Å²) >= 11 is 0. The summed E-state index contributed by atoms with van der Waals surface area (Å²) < 4.78 is 0. The number of para-hydroxylation sites is 4. The molecular formula is C34H22BN2. The molecule has 2 nitrogen and oxygen atoms in total. The van der Waals surface area contributed by atoms with Gasteiger partial charge >= 0.3 is 0 Å². The van der Waals surface area contributed by atoms with E-state index in [0.717, 1.165) is 5.69 Å². The Morgan fingerprint density at radius 2 is 1.30 bits per heavy atom. The van der Waals surface area contributed by atoms with Gasteiger partial charge in [-0.2, -0.15) is 0 Å². The van der Waals surface area contributed by atoms with Gasteiger partial charge in [0, 0.05) is 44.3 Å². The Hall–Kier alpha value is -4.76. The van der Waals surface area contributed by atoms with Crippen molar-refractivity contribution in [3.8, 4) is 11.1 Å². The predicted molar refractivity (Wildman–Crippen MR) is 158 cm³/mol. The highest BCUT2D eigenvalue weighted by Gasteiger charge is 2.29. The fraction of sp³-hybridized carbons (Fsp3) is 0. The van der Waals surface area contributed by atoms with Gasteiger partial charge in [0.15, 0.2) is 7.28 Å². The van der Waals surface area contributed by atoms with Crippen LogP contribution in [0.4, 0.5) is 17.1 Å². The van der Waals surface area contributed by atoms with Crippen LogP contribution >= 0.6 is 0 Å². The third kappa shape index (κ3) is 3.01. The number of aromatic amines is 1. The molecule has 6 aromatic carbocycles. The van der Waals surface area contributed by atoms with Crippen LogP contribution in [0.25, 0.3) is 43.7 Å². The standard InChI is InChI=1S/C34H22BN2/c1-2-12-23(13-3-1)37-31-20-9-7-18-29(31)35-32-28(21-22-11-4-5-14-24(22)34(32)37)27-17-10-16-26-25-15-6-8-19-30(25)36-33(26)27/h1-21,36H. The van der Waals surface area contributed by atoms with E-state index in [2.05, 4.69) is 145 Å². The molecule has 1 aromatic heterocycles. The van der Waals surface area contributed by atoms with Crippen LogP contribution in [0.3, 0.4) is 0 Å². The van der Waals surface area contributed by atoms with Gasteiger partial charge in [-0.15, -0.1) is 0 Å². The Morgan fingerprint density at radius 3 is 2.22 bits per heavy atom. The highest BCUT2D eigenvalue weighted by molar-refractivity contribution is 6.74. The maximum absolute atomic E-state index is 3.73. The molecule has 1 aliphatic heterocycles. The predicted octanol–water partition coefficient (Wildman–Crippen LogP) is 7.58. The molecule has 1 aliphatic rings. The summed E-state index contributed by atoms with van der Waals surface area (Å²) in [6.45, 7) is 0. The second-order valence-electron chi connectivity index (χ2n) is 9.68. The Labute approximate surface area is 216 Å². The normalized spacial score (nSPS) is 12.5. The highest BCUT2D eigenvalue weighted by atomic mass is 15.2. The van der Waals surface area contributed by atoms with Gasteiger partial charge in [-0.05, 0) is 46.7 Å². The summed E-state index contributed by atoms with van der Waals surface area (Å²) in [4.78, 5) is 6.17. The van der Waals surface area contributed by atoms with E-state index in [-0.39, 0.29) is 0 Å². The zero-order valence-corrected chi connectivity index (χ0v) is 20.1. The minimum Gasteiger partial charge on any atom is -0.354 e. The van der Waals surface area contributed by atoms with Crippen molar-refractivity contribution in [1.29, 1.82) is 0 Å². The molecular weight excluding hydrogens is 447 g/mol. The van der Waals surface area contributed by atoms with E-state index in [0.29, 0.717) is 0 Å². The zero-order chi connectivity index (χ0) is 24.3. The molecule has 0 aliphatic carbocycles. The van der Waals surface area contributed by atoms with E-state index in [1.807, 2.05) is 0 Å². The third-order valence-corrected chi connectivity index (χ3v) is 7.61. The average Bonchev–Trinajstić information content (AvgIpc) is 3.35. The summed E-state index contributed by atoms with van der Waals surface area (Å²) in [6.07, 6.45) is 0. The number of hydrogen-bond acceptors (Lipinski definition) is 1. The molecule has 8 rings (SSSR count). The molecule has 171 valence electrons. The van der Waals surface area contributed by atoms with Crippen molar-refractivity contribution in [2.24, 2.45) is 0 Å². The molecule has 0 fully saturated rings. The van der Waals surface area contributed by atoms with Crippen LogP contribution in [0, 0.1) is 0 Å². The van der Waals surface area contributed by atoms with E-state index >= 15 is 0 Å². The Kier molecular flexibility index (Phi) is 4.35. The van der Waals surface area contributed by atoms with Crippen LogP contribution in [0.15, 0.2) is 127 Å². The maximum atomic E-state index is 3.73. The summed E-state index contributed by atoms with van der Waals surface area (Å²) in [5.41, 5.74) is 10.9. The Bertz CT molecular complexity index is 1970. The fourth-order valence-corrected chi connectivity index (χ4v) is 5.99. The number of nitrogens with zero attached hydrogens (tertiary/aromatic N) is 1. The molecule has 2 heterocycles. The van der Waals surface area contributed by atoms with Crippen molar-refractivity contribution in [1.82, 2.24) is 4.98 Å². The molecule has 0 spiro atoms. The number of rotatable bonds is 2. The molecule has 7 aromatic rings. The first-order valence-corrected chi connectivity index (χ1v) is 12.7. The number of benzene rings is 6. The van der Waals surface area contributed by atoms with Crippen molar-refractivity contribution in [3.05, 3.63) is 127 Å². The summed E-state index contributed by atoms with van der Waals surface area (Å²) in [7, 11) is 2.37. The molecule has 0 saturated carbocycles. The maximum Gasteiger partial charge on any atom is 0.197 e. The second-order valence-corrected chi connectivity index (χ2v) is 9.68. The first-order valence-electron chi connectivity index (χ1n) is 12.7. The van der Waals surface area contributed by atoms with Crippen molar-refractivity contribution < 1.29 is 0 Å². The Balaban J connectivity index is 1.51. The van der Waals surface area contributed by atoms with Crippen LogP contribution < -0.4 is 15.8 Å². The van der Waals surface area contributed by atoms with Crippen LogP contribution in [-0.4, -0.2) is 12.3 Å². The van der Waals surface area contributed by atoms with Crippen molar-refractivity contribution >= 4 is 67.8 Å².